The predicted octanol–water partition coefficient (Wildman–Crippen LogP) is 4.36. The highest BCUT2D eigenvalue weighted by Crippen LogP contribution is 2.26. The van der Waals surface area contributed by atoms with Crippen LogP contribution in [-0.2, 0) is 14.8 Å². The number of carboxylic acids is 2. The maximum Gasteiger partial charge on any atom is 0.490 e. The SMILES string of the molecule is CCCCN(C)c1ccc(NS(=O)(=O)c2ccc(C)cc2)cc1C(=O)O.O=C(O)C(F)(F)F. The third kappa shape index (κ3) is 8.64. The summed E-state index contributed by atoms with van der Waals surface area (Å²) < 4.78 is 59.2. The second-order valence-electron chi connectivity index (χ2n) is 7.03. The highest BCUT2D eigenvalue weighted by Gasteiger charge is 2.38. The van der Waals surface area contributed by atoms with Gasteiger partial charge in [0.05, 0.1) is 16.1 Å². The zero-order valence-corrected chi connectivity index (χ0v) is 19.0. The number of halogens is 3. The number of alkyl halides is 3. The van der Waals surface area contributed by atoms with Gasteiger partial charge in [-0.2, -0.15) is 13.2 Å². The lowest BCUT2D eigenvalue weighted by molar-refractivity contribution is -0.192. The van der Waals surface area contributed by atoms with Crippen molar-refractivity contribution < 1.29 is 41.4 Å². The minimum atomic E-state index is -5.08. The lowest BCUT2D eigenvalue weighted by Crippen LogP contribution is -2.21. The molecule has 0 atom stereocenters. The van der Waals surface area contributed by atoms with Gasteiger partial charge in [0.15, 0.2) is 0 Å². The molecule has 0 aliphatic carbocycles. The number of hydrogen-bond acceptors (Lipinski definition) is 5. The van der Waals surface area contributed by atoms with Crippen LogP contribution in [0.15, 0.2) is 47.4 Å². The Hall–Kier alpha value is -3.28. The Bertz CT molecular complexity index is 1070. The van der Waals surface area contributed by atoms with Crippen molar-refractivity contribution >= 4 is 33.3 Å². The fourth-order valence-corrected chi connectivity index (χ4v) is 3.60. The summed E-state index contributed by atoms with van der Waals surface area (Å²) >= 11 is 0. The van der Waals surface area contributed by atoms with Crippen molar-refractivity contribution in [3.8, 4) is 0 Å². The summed E-state index contributed by atoms with van der Waals surface area (Å²) in [4.78, 5) is 22.5. The molecule has 3 N–H and O–H groups in total. The first-order valence-electron chi connectivity index (χ1n) is 9.67. The molecule has 0 radical (unpaired) electrons. The van der Waals surface area contributed by atoms with Crippen molar-refractivity contribution in [2.45, 2.75) is 37.8 Å². The molecule has 12 heteroatoms. The van der Waals surface area contributed by atoms with E-state index in [0.29, 0.717) is 5.69 Å². The third-order valence-corrected chi connectivity index (χ3v) is 5.71. The maximum absolute atomic E-state index is 12.5. The van der Waals surface area contributed by atoms with Gasteiger partial charge in [0, 0.05) is 19.3 Å². The Labute approximate surface area is 189 Å². The minimum absolute atomic E-state index is 0.0627. The molecular formula is C21H25F3N2O6S. The fourth-order valence-electron chi connectivity index (χ4n) is 2.55. The van der Waals surface area contributed by atoms with Gasteiger partial charge in [-0.05, 0) is 43.7 Å². The van der Waals surface area contributed by atoms with Crippen LogP contribution in [0.5, 0.6) is 0 Å². The van der Waals surface area contributed by atoms with Gasteiger partial charge in [-0.15, -0.1) is 0 Å². The number of rotatable bonds is 8. The van der Waals surface area contributed by atoms with Gasteiger partial charge in [0.25, 0.3) is 10.0 Å². The van der Waals surface area contributed by atoms with E-state index >= 15 is 0 Å². The fraction of sp³-hybridized carbons (Fsp3) is 0.333. The van der Waals surface area contributed by atoms with Crippen molar-refractivity contribution in [1.29, 1.82) is 0 Å². The molecule has 0 unspecified atom stereocenters. The van der Waals surface area contributed by atoms with E-state index in [2.05, 4.69) is 11.6 Å². The molecule has 0 aliphatic rings. The van der Waals surface area contributed by atoms with E-state index in [9.17, 15) is 31.5 Å². The molecule has 0 spiro atoms. The van der Waals surface area contributed by atoms with E-state index in [1.807, 2.05) is 18.9 Å². The Morgan fingerprint density at radius 1 is 1.06 bits per heavy atom. The summed E-state index contributed by atoms with van der Waals surface area (Å²) in [5.74, 6) is -3.85. The molecule has 0 fully saturated rings. The van der Waals surface area contributed by atoms with E-state index in [4.69, 9.17) is 9.90 Å². The number of aryl methyl sites for hydroxylation is 1. The first-order valence-corrected chi connectivity index (χ1v) is 11.2. The van der Waals surface area contributed by atoms with Crippen molar-refractivity contribution in [3.63, 3.8) is 0 Å². The van der Waals surface area contributed by atoms with Crippen molar-refractivity contribution in [2.24, 2.45) is 0 Å². The number of nitrogens with one attached hydrogen (secondary N) is 1. The second kappa shape index (κ2) is 11.5. The molecule has 8 nitrogen and oxygen atoms in total. The van der Waals surface area contributed by atoms with Gasteiger partial charge in [0.2, 0.25) is 0 Å². The van der Waals surface area contributed by atoms with Crippen LogP contribution in [0.1, 0.15) is 35.7 Å². The van der Waals surface area contributed by atoms with Gasteiger partial charge in [-0.25, -0.2) is 18.0 Å². The second-order valence-corrected chi connectivity index (χ2v) is 8.72. The maximum atomic E-state index is 12.5. The largest absolute Gasteiger partial charge is 0.490 e. The summed E-state index contributed by atoms with van der Waals surface area (Å²) in [5.41, 5.74) is 1.80. The molecule has 0 aromatic heterocycles. The summed E-state index contributed by atoms with van der Waals surface area (Å²) in [6.45, 7) is 4.66. The van der Waals surface area contributed by atoms with Crippen LogP contribution in [-0.4, -0.2) is 50.3 Å². The van der Waals surface area contributed by atoms with Crippen molar-refractivity contribution in [1.82, 2.24) is 0 Å². The highest BCUT2D eigenvalue weighted by molar-refractivity contribution is 7.92. The third-order valence-electron chi connectivity index (χ3n) is 4.31. The predicted molar refractivity (Wildman–Crippen MR) is 117 cm³/mol. The minimum Gasteiger partial charge on any atom is -0.478 e. The first-order chi connectivity index (χ1) is 15.2. The molecule has 2 rings (SSSR count). The zero-order valence-electron chi connectivity index (χ0n) is 18.2. The molecule has 0 amide bonds. The van der Waals surface area contributed by atoms with Crippen molar-refractivity contribution in [3.05, 3.63) is 53.6 Å². The average Bonchev–Trinajstić information content (AvgIpc) is 2.71. The quantitative estimate of drug-likeness (QED) is 0.502. The molecule has 0 heterocycles. The van der Waals surface area contributed by atoms with E-state index in [0.717, 1.165) is 24.9 Å². The summed E-state index contributed by atoms with van der Waals surface area (Å²) in [6.07, 6.45) is -3.14. The molecular weight excluding hydrogens is 465 g/mol. The van der Waals surface area contributed by atoms with E-state index in [1.165, 1.54) is 18.2 Å². The molecule has 0 bridgehead atoms. The normalized spacial score (nSPS) is 11.2. The molecule has 2 aromatic carbocycles. The number of hydrogen-bond donors (Lipinski definition) is 3. The van der Waals surface area contributed by atoms with Crippen LogP contribution < -0.4 is 9.62 Å². The lowest BCUT2D eigenvalue weighted by Gasteiger charge is -2.21. The highest BCUT2D eigenvalue weighted by atomic mass is 32.2. The molecule has 0 saturated carbocycles. The number of unbranched alkanes of at least 4 members (excludes halogenated alkanes) is 1. The van der Waals surface area contributed by atoms with Gasteiger partial charge in [0.1, 0.15) is 0 Å². The summed E-state index contributed by atoms with van der Waals surface area (Å²) in [6, 6.07) is 11.0. The van der Waals surface area contributed by atoms with Crippen LogP contribution in [0.3, 0.4) is 0 Å². The van der Waals surface area contributed by atoms with E-state index in [1.54, 1.807) is 24.3 Å². The smallest absolute Gasteiger partial charge is 0.478 e. The molecule has 0 saturated heterocycles. The number of sulfonamides is 1. The first kappa shape index (κ1) is 27.8. The van der Waals surface area contributed by atoms with Gasteiger partial charge in [-0.1, -0.05) is 31.0 Å². The van der Waals surface area contributed by atoms with Crippen LogP contribution in [0.4, 0.5) is 24.5 Å². The van der Waals surface area contributed by atoms with Crippen LogP contribution in [0, 0.1) is 6.92 Å². The molecule has 0 aliphatic heterocycles. The number of benzene rings is 2. The average molecular weight is 491 g/mol. The topological polar surface area (TPSA) is 124 Å². The lowest BCUT2D eigenvalue weighted by atomic mass is 10.1. The Morgan fingerprint density at radius 3 is 2.06 bits per heavy atom. The zero-order chi connectivity index (χ0) is 25.4. The number of anilines is 2. The van der Waals surface area contributed by atoms with E-state index in [-0.39, 0.29) is 16.1 Å². The van der Waals surface area contributed by atoms with Gasteiger partial charge >= 0.3 is 18.1 Å². The number of nitrogens with zero attached hydrogens (tertiary/aromatic N) is 1. The van der Waals surface area contributed by atoms with Crippen LogP contribution >= 0.6 is 0 Å². The molecule has 33 heavy (non-hydrogen) atoms. The van der Waals surface area contributed by atoms with E-state index < -0.39 is 28.1 Å². The number of carbonyl (C=O) groups is 2. The molecule has 182 valence electrons. The number of aliphatic carboxylic acids is 1. The van der Waals surface area contributed by atoms with Gasteiger partial charge < -0.3 is 15.1 Å². The van der Waals surface area contributed by atoms with Crippen LogP contribution in [0.25, 0.3) is 0 Å². The standard InChI is InChI=1S/C19H24N2O4S.C2HF3O2/c1-4-5-12-21(3)18-11-8-15(13-17(18)19(22)23)20-26(24,25)16-9-6-14(2)7-10-16;3-2(4,5)1(6)7/h6-11,13,20H,4-5,12H2,1-3H3,(H,22,23);(H,6,7). The molecule has 2 aromatic rings. The van der Waals surface area contributed by atoms with Crippen molar-refractivity contribution in [2.75, 3.05) is 23.2 Å². The summed E-state index contributed by atoms with van der Waals surface area (Å²) in [5, 5.41) is 16.6. The number of aromatic carboxylic acids is 1. The Balaban J connectivity index is 0.000000675. The Morgan fingerprint density at radius 2 is 1.61 bits per heavy atom. The van der Waals surface area contributed by atoms with Gasteiger partial charge in [-0.3, -0.25) is 4.72 Å². The number of carboxylic acid groups (broad SMARTS) is 2. The monoisotopic (exact) mass is 490 g/mol. The summed E-state index contributed by atoms with van der Waals surface area (Å²) in [7, 11) is -1.95. The van der Waals surface area contributed by atoms with Crippen LogP contribution in [0.2, 0.25) is 0 Å². The Kier molecular flexibility index (Phi) is 9.71.